The Morgan fingerprint density at radius 1 is 1.33 bits per heavy atom. The van der Waals surface area contributed by atoms with Crippen LogP contribution >= 0.6 is 22.7 Å². The van der Waals surface area contributed by atoms with Crippen LogP contribution in [0, 0.1) is 0 Å². The third-order valence-corrected chi connectivity index (χ3v) is 4.07. The molecule has 0 saturated heterocycles. The Hall–Kier alpha value is -1.37. The largest absolute Gasteiger partial charge is 0.386 e. The van der Waals surface area contributed by atoms with E-state index in [1.807, 2.05) is 34.3 Å². The summed E-state index contributed by atoms with van der Waals surface area (Å²) in [5, 5.41) is 21.0. The molecule has 0 aliphatic heterocycles. The lowest BCUT2D eigenvalue weighted by Crippen LogP contribution is -2.37. The molecule has 6 heteroatoms. The van der Waals surface area contributed by atoms with Gasteiger partial charge in [-0.1, -0.05) is 6.07 Å². The quantitative estimate of drug-likeness (QED) is 0.788. The summed E-state index contributed by atoms with van der Waals surface area (Å²) in [7, 11) is 0. The zero-order valence-electron chi connectivity index (χ0n) is 9.63. The van der Waals surface area contributed by atoms with Crippen molar-refractivity contribution in [3.63, 3.8) is 0 Å². The van der Waals surface area contributed by atoms with Crippen molar-refractivity contribution in [2.24, 2.45) is 0 Å². The Morgan fingerprint density at radius 2 is 2.22 bits per heavy atom. The van der Waals surface area contributed by atoms with E-state index < -0.39 is 6.10 Å². The van der Waals surface area contributed by atoms with Gasteiger partial charge in [-0.15, -0.1) is 11.3 Å². The van der Waals surface area contributed by atoms with Gasteiger partial charge in [-0.2, -0.15) is 11.3 Å². The second-order valence-electron chi connectivity index (χ2n) is 3.73. The summed E-state index contributed by atoms with van der Waals surface area (Å²) in [4.78, 5) is 12.3. The fourth-order valence-electron chi connectivity index (χ4n) is 1.41. The number of hydrogen-bond acceptors (Lipinski definition) is 4. The van der Waals surface area contributed by atoms with Crippen LogP contribution < -0.4 is 10.6 Å². The highest BCUT2D eigenvalue weighted by atomic mass is 32.1. The van der Waals surface area contributed by atoms with Crippen molar-refractivity contribution in [2.75, 3.05) is 6.54 Å². The fourth-order valence-corrected chi connectivity index (χ4v) is 2.79. The number of thiophene rings is 2. The number of hydrogen-bond donors (Lipinski definition) is 3. The average Bonchev–Trinajstić information content (AvgIpc) is 3.05. The second-order valence-corrected chi connectivity index (χ2v) is 5.49. The highest BCUT2D eigenvalue weighted by Crippen LogP contribution is 2.17. The first-order chi connectivity index (χ1) is 8.75. The number of aliphatic hydroxyl groups is 1. The molecule has 2 amide bonds. The van der Waals surface area contributed by atoms with E-state index in [9.17, 15) is 9.90 Å². The van der Waals surface area contributed by atoms with Crippen molar-refractivity contribution in [2.45, 2.75) is 12.6 Å². The van der Waals surface area contributed by atoms with Gasteiger partial charge in [-0.25, -0.2) is 4.79 Å². The van der Waals surface area contributed by atoms with Crippen LogP contribution in [0.25, 0.3) is 0 Å². The molecule has 0 bridgehead atoms. The van der Waals surface area contributed by atoms with Crippen LogP contribution in [0.4, 0.5) is 4.79 Å². The Balaban J connectivity index is 1.68. The number of aliphatic hydroxyl groups excluding tert-OH is 1. The number of amides is 2. The van der Waals surface area contributed by atoms with Crippen molar-refractivity contribution in [3.8, 4) is 0 Å². The van der Waals surface area contributed by atoms with E-state index in [1.54, 1.807) is 11.3 Å². The molecule has 0 aromatic carbocycles. The molecule has 0 radical (unpaired) electrons. The van der Waals surface area contributed by atoms with Gasteiger partial charge >= 0.3 is 6.03 Å². The molecule has 0 saturated carbocycles. The van der Waals surface area contributed by atoms with Crippen LogP contribution in [0.5, 0.6) is 0 Å². The normalized spacial score (nSPS) is 12.1. The van der Waals surface area contributed by atoms with E-state index in [4.69, 9.17) is 0 Å². The van der Waals surface area contributed by atoms with Crippen LogP contribution in [0.3, 0.4) is 0 Å². The predicted molar refractivity (Wildman–Crippen MR) is 73.8 cm³/mol. The van der Waals surface area contributed by atoms with Gasteiger partial charge in [0.25, 0.3) is 0 Å². The molecular formula is C12H14N2O2S2. The molecule has 0 unspecified atom stereocenters. The van der Waals surface area contributed by atoms with Crippen LogP contribution in [0.1, 0.15) is 16.5 Å². The number of rotatable bonds is 5. The topological polar surface area (TPSA) is 61.4 Å². The van der Waals surface area contributed by atoms with E-state index in [1.165, 1.54) is 11.3 Å². The molecular weight excluding hydrogens is 268 g/mol. The molecule has 4 nitrogen and oxygen atoms in total. The molecule has 0 aliphatic carbocycles. The minimum absolute atomic E-state index is 0.218. The Morgan fingerprint density at radius 3 is 2.89 bits per heavy atom. The fraction of sp³-hybridized carbons (Fsp3) is 0.250. The summed E-state index contributed by atoms with van der Waals surface area (Å²) in [6.07, 6.45) is -0.642. The number of carbonyl (C=O) groups is 1. The minimum Gasteiger partial charge on any atom is -0.386 e. The average molecular weight is 282 g/mol. The molecule has 2 aromatic rings. The van der Waals surface area contributed by atoms with E-state index in [2.05, 4.69) is 10.6 Å². The monoisotopic (exact) mass is 282 g/mol. The van der Waals surface area contributed by atoms with Crippen molar-refractivity contribution in [1.29, 1.82) is 0 Å². The number of nitrogens with one attached hydrogen (secondary N) is 2. The lowest BCUT2D eigenvalue weighted by atomic mass is 10.3. The standard InChI is InChI=1S/C12H14N2O2S2/c15-10(11-2-1-4-18-11)7-14-12(16)13-6-9-3-5-17-8-9/h1-5,8,10,15H,6-7H2,(H2,13,14,16)/t10-/m1/s1. The van der Waals surface area contributed by atoms with Crippen LogP contribution in [-0.2, 0) is 6.54 Å². The molecule has 0 spiro atoms. The predicted octanol–water partition coefficient (Wildman–Crippen LogP) is 2.34. The molecule has 2 rings (SSSR count). The molecule has 96 valence electrons. The van der Waals surface area contributed by atoms with E-state index in [-0.39, 0.29) is 12.6 Å². The van der Waals surface area contributed by atoms with Gasteiger partial charge in [-0.3, -0.25) is 0 Å². The molecule has 0 aliphatic rings. The summed E-state index contributed by atoms with van der Waals surface area (Å²) in [5.74, 6) is 0. The lowest BCUT2D eigenvalue weighted by Gasteiger charge is -2.10. The van der Waals surface area contributed by atoms with Crippen LogP contribution in [0.2, 0.25) is 0 Å². The van der Waals surface area contributed by atoms with Gasteiger partial charge in [0.05, 0.1) is 6.54 Å². The maximum absolute atomic E-state index is 11.5. The highest BCUT2D eigenvalue weighted by Gasteiger charge is 2.09. The van der Waals surface area contributed by atoms with Gasteiger partial charge in [0, 0.05) is 11.4 Å². The molecule has 0 fully saturated rings. The van der Waals surface area contributed by atoms with E-state index in [0.717, 1.165) is 10.4 Å². The first-order valence-corrected chi connectivity index (χ1v) is 7.32. The Labute approximate surface area is 113 Å². The van der Waals surface area contributed by atoms with Gasteiger partial charge in [0.15, 0.2) is 0 Å². The maximum atomic E-state index is 11.5. The first-order valence-electron chi connectivity index (χ1n) is 5.50. The van der Waals surface area contributed by atoms with Crippen LogP contribution in [0.15, 0.2) is 34.3 Å². The Kier molecular flexibility index (Phi) is 4.74. The summed E-state index contributed by atoms with van der Waals surface area (Å²) in [6.45, 7) is 0.723. The number of carbonyl (C=O) groups excluding carboxylic acids is 1. The van der Waals surface area contributed by atoms with Gasteiger partial charge < -0.3 is 15.7 Å². The van der Waals surface area contributed by atoms with Crippen molar-refractivity contribution in [1.82, 2.24) is 10.6 Å². The minimum atomic E-state index is -0.642. The van der Waals surface area contributed by atoms with Crippen LogP contribution in [-0.4, -0.2) is 17.7 Å². The molecule has 18 heavy (non-hydrogen) atoms. The smallest absolute Gasteiger partial charge is 0.315 e. The zero-order chi connectivity index (χ0) is 12.8. The van der Waals surface area contributed by atoms with E-state index in [0.29, 0.717) is 6.54 Å². The lowest BCUT2D eigenvalue weighted by molar-refractivity contribution is 0.176. The highest BCUT2D eigenvalue weighted by molar-refractivity contribution is 7.10. The summed E-state index contributed by atoms with van der Waals surface area (Å²) in [5.41, 5.74) is 1.08. The van der Waals surface area contributed by atoms with Crippen molar-refractivity contribution >= 4 is 28.7 Å². The van der Waals surface area contributed by atoms with Gasteiger partial charge in [-0.05, 0) is 33.8 Å². The SMILES string of the molecule is O=C(NCc1ccsc1)NC[C@@H](O)c1cccs1. The van der Waals surface area contributed by atoms with Crippen molar-refractivity contribution in [3.05, 3.63) is 44.8 Å². The zero-order valence-corrected chi connectivity index (χ0v) is 11.3. The molecule has 1 atom stereocenters. The number of urea groups is 1. The van der Waals surface area contributed by atoms with E-state index >= 15 is 0 Å². The summed E-state index contributed by atoms with van der Waals surface area (Å²) >= 11 is 3.07. The Bertz CT molecular complexity index is 468. The first kappa shape index (κ1) is 13.1. The van der Waals surface area contributed by atoms with Crippen molar-refractivity contribution < 1.29 is 9.90 Å². The maximum Gasteiger partial charge on any atom is 0.315 e. The third kappa shape index (κ3) is 3.83. The molecule has 2 aromatic heterocycles. The second kappa shape index (κ2) is 6.53. The molecule has 2 heterocycles. The molecule has 3 N–H and O–H groups in total. The van der Waals surface area contributed by atoms with Gasteiger partial charge in [0.2, 0.25) is 0 Å². The summed E-state index contributed by atoms with van der Waals surface area (Å²) in [6, 6.07) is 5.42. The summed E-state index contributed by atoms with van der Waals surface area (Å²) < 4.78 is 0. The third-order valence-electron chi connectivity index (χ3n) is 2.36. The van der Waals surface area contributed by atoms with Gasteiger partial charge in [0.1, 0.15) is 6.10 Å².